The van der Waals surface area contributed by atoms with Crippen LogP contribution in [0.4, 0.5) is 18.9 Å². The molecule has 4 nitrogen and oxygen atoms in total. The van der Waals surface area contributed by atoms with Crippen molar-refractivity contribution in [2.24, 2.45) is 0 Å². The van der Waals surface area contributed by atoms with E-state index in [0.29, 0.717) is 25.3 Å². The zero-order chi connectivity index (χ0) is 15.9. The summed E-state index contributed by atoms with van der Waals surface area (Å²) in [6, 6.07) is 4.81. The minimum atomic E-state index is -4.55. The van der Waals surface area contributed by atoms with Gasteiger partial charge in [0, 0.05) is 18.7 Å². The topological polar surface area (TPSA) is 62.1 Å². The van der Waals surface area contributed by atoms with Gasteiger partial charge < -0.3 is 10.1 Å². The molecule has 0 amide bonds. The standard InChI is InChI=1S/C14H15F3N2O2/c1-2-21-13(20)4-3-7-19-11-5-6-12(14(15,16)17)10(8-11)9-18/h5-6,8,19H,2-4,7H2,1H3. The fraction of sp³-hybridized carbons (Fsp3) is 0.429. The second-order valence-corrected chi connectivity index (χ2v) is 4.21. The van der Waals surface area contributed by atoms with Crippen molar-refractivity contribution in [3.63, 3.8) is 0 Å². The van der Waals surface area contributed by atoms with E-state index in [1.165, 1.54) is 12.1 Å². The predicted molar refractivity (Wildman–Crippen MR) is 70.5 cm³/mol. The Bertz CT molecular complexity index is 536. The minimum Gasteiger partial charge on any atom is -0.466 e. The van der Waals surface area contributed by atoms with Crippen LogP contribution < -0.4 is 5.32 Å². The first-order chi connectivity index (χ1) is 9.88. The van der Waals surface area contributed by atoms with Crippen LogP contribution in [0, 0.1) is 11.3 Å². The van der Waals surface area contributed by atoms with Crippen LogP contribution in [0.2, 0.25) is 0 Å². The van der Waals surface area contributed by atoms with Gasteiger partial charge in [-0.15, -0.1) is 0 Å². The number of hydrogen-bond donors (Lipinski definition) is 1. The lowest BCUT2D eigenvalue weighted by atomic mass is 10.1. The third kappa shape index (κ3) is 5.34. The highest BCUT2D eigenvalue weighted by Gasteiger charge is 2.33. The number of carbonyl (C=O) groups excluding carboxylic acids is 1. The van der Waals surface area contributed by atoms with Gasteiger partial charge in [0.1, 0.15) is 0 Å². The van der Waals surface area contributed by atoms with Crippen molar-refractivity contribution in [1.82, 2.24) is 0 Å². The van der Waals surface area contributed by atoms with E-state index in [9.17, 15) is 18.0 Å². The molecule has 0 fully saturated rings. The molecule has 0 aliphatic rings. The van der Waals surface area contributed by atoms with Crippen molar-refractivity contribution in [2.45, 2.75) is 25.9 Å². The first-order valence-electron chi connectivity index (χ1n) is 6.39. The number of ether oxygens (including phenoxy) is 1. The lowest BCUT2D eigenvalue weighted by Gasteiger charge is -2.11. The average molecular weight is 300 g/mol. The van der Waals surface area contributed by atoms with Gasteiger partial charge in [-0.05, 0) is 31.5 Å². The Balaban J connectivity index is 2.58. The van der Waals surface area contributed by atoms with E-state index >= 15 is 0 Å². The summed E-state index contributed by atoms with van der Waals surface area (Å²) in [6.07, 6.45) is -3.83. The van der Waals surface area contributed by atoms with E-state index in [0.717, 1.165) is 12.1 Å². The SMILES string of the molecule is CCOC(=O)CCCNc1ccc(C(F)(F)F)c(C#N)c1. The number of nitrogens with zero attached hydrogens (tertiary/aromatic N) is 1. The highest BCUT2D eigenvalue weighted by molar-refractivity contribution is 5.69. The van der Waals surface area contributed by atoms with Gasteiger partial charge in [-0.1, -0.05) is 0 Å². The van der Waals surface area contributed by atoms with E-state index in [4.69, 9.17) is 10.00 Å². The van der Waals surface area contributed by atoms with Crippen molar-refractivity contribution < 1.29 is 22.7 Å². The zero-order valence-corrected chi connectivity index (χ0v) is 11.5. The Morgan fingerprint density at radius 1 is 1.43 bits per heavy atom. The fourth-order valence-electron chi connectivity index (χ4n) is 1.69. The van der Waals surface area contributed by atoms with E-state index in [1.54, 1.807) is 6.92 Å². The van der Waals surface area contributed by atoms with Crippen LogP contribution in [-0.2, 0) is 15.7 Å². The molecule has 21 heavy (non-hydrogen) atoms. The summed E-state index contributed by atoms with van der Waals surface area (Å²) in [5.41, 5.74) is -0.983. The smallest absolute Gasteiger partial charge is 0.417 e. The summed E-state index contributed by atoms with van der Waals surface area (Å²) in [5, 5.41) is 11.6. The first kappa shape index (κ1) is 16.8. The summed E-state index contributed by atoms with van der Waals surface area (Å²) in [4.78, 5) is 11.1. The van der Waals surface area contributed by atoms with E-state index in [1.807, 2.05) is 0 Å². The summed E-state index contributed by atoms with van der Waals surface area (Å²) < 4.78 is 42.6. The fourth-order valence-corrected chi connectivity index (χ4v) is 1.69. The van der Waals surface area contributed by atoms with Gasteiger partial charge in [0.2, 0.25) is 0 Å². The van der Waals surface area contributed by atoms with Crippen LogP contribution in [0.25, 0.3) is 0 Å². The predicted octanol–water partition coefficient (Wildman–Crippen LogP) is 3.33. The normalized spacial score (nSPS) is 10.8. The maximum absolute atomic E-state index is 12.6. The number of benzene rings is 1. The van der Waals surface area contributed by atoms with Gasteiger partial charge in [-0.3, -0.25) is 4.79 Å². The number of nitriles is 1. The zero-order valence-electron chi connectivity index (χ0n) is 11.5. The van der Waals surface area contributed by atoms with Crippen LogP contribution >= 0.6 is 0 Å². The third-order valence-corrected chi connectivity index (χ3v) is 2.64. The molecule has 0 unspecified atom stereocenters. The molecule has 1 N–H and O–H groups in total. The number of hydrogen-bond acceptors (Lipinski definition) is 4. The first-order valence-corrected chi connectivity index (χ1v) is 6.39. The quantitative estimate of drug-likeness (QED) is 0.646. The van der Waals surface area contributed by atoms with Crippen molar-refractivity contribution in [1.29, 1.82) is 5.26 Å². The van der Waals surface area contributed by atoms with Gasteiger partial charge in [-0.2, -0.15) is 18.4 Å². The third-order valence-electron chi connectivity index (χ3n) is 2.64. The summed E-state index contributed by atoms with van der Waals surface area (Å²) >= 11 is 0. The van der Waals surface area contributed by atoms with E-state index < -0.39 is 17.3 Å². The molecule has 0 atom stereocenters. The van der Waals surface area contributed by atoms with Crippen molar-refractivity contribution >= 4 is 11.7 Å². The number of nitrogens with one attached hydrogen (secondary N) is 1. The van der Waals surface area contributed by atoms with Crippen LogP contribution in [0.5, 0.6) is 0 Å². The summed E-state index contributed by atoms with van der Waals surface area (Å²) in [6.45, 7) is 2.42. The number of carbonyl (C=O) groups is 1. The summed E-state index contributed by atoms with van der Waals surface area (Å²) in [7, 11) is 0. The summed E-state index contributed by atoms with van der Waals surface area (Å²) in [5.74, 6) is -0.315. The molecule has 1 aromatic rings. The largest absolute Gasteiger partial charge is 0.466 e. The Labute approximate surface area is 120 Å². The number of halogens is 3. The molecule has 0 aromatic heterocycles. The second kappa shape index (κ2) is 7.53. The lowest BCUT2D eigenvalue weighted by Crippen LogP contribution is -2.10. The molecule has 0 aliphatic carbocycles. The molecular formula is C14H15F3N2O2. The molecular weight excluding hydrogens is 285 g/mol. The van der Waals surface area contributed by atoms with Crippen molar-refractivity contribution in [2.75, 3.05) is 18.5 Å². The Kier molecular flexibility index (Phi) is 6.03. The molecule has 114 valence electrons. The van der Waals surface area contributed by atoms with Crippen LogP contribution in [0.3, 0.4) is 0 Å². The highest BCUT2D eigenvalue weighted by atomic mass is 19.4. The number of anilines is 1. The van der Waals surface area contributed by atoms with E-state index in [2.05, 4.69) is 5.32 Å². The molecule has 0 saturated heterocycles. The van der Waals surface area contributed by atoms with Gasteiger partial charge in [0.15, 0.2) is 0 Å². The molecule has 7 heteroatoms. The van der Waals surface area contributed by atoms with Gasteiger partial charge in [0.05, 0.1) is 23.8 Å². The molecule has 1 rings (SSSR count). The number of esters is 1. The van der Waals surface area contributed by atoms with Gasteiger partial charge in [0.25, 0.3) is 0 Å². The van der Waals surface area contributed by atoms with Crippen LogP contribution in [0.15, 0.2) is 18.2 Å². The molecule has 0 spiro atoms. The molecule has 0 saturated carbocycles. The number of alkyl halides is 3. The molecule has 0 aliphatic heterocycles. The average Bonchev–Trinajstić information content (AvgIpc) is 2.42. The second-order valence-electron chi connectivity index (χ2n) is 4.21. The van der Waals surface area contributed by atoms with Crippen LogP contribution in [-0.4, -0.2) is 19.1 Å². The van der Waals surface area contributed by atoms with E-state index in [-0.39, 0.29) is 12.4 Å². The Morgan fingerprint density at radius 3 is 2.71 bits per heavy atom. The highest BCUT2D eigenvalue weighted by Crippen LogP contribution is 2.32. The molecule has 0 bridgehead atoms. The Morgan fingerprint density at radius 2 is 2.14 bits per heavy atom. The number of rotatable bonds is 6. The van der Waals surface area contributed by atoms with Crippen LogP contribution in [0.1, 0.15) is 30.9 Å². The monoisotopic (exact) mass is 300 g/mol. The van der Waals surface area contributed by atoms with Gasteiger partial charge >= 0.3 is 12.1 Å². The Hall–Kier alpha value is -2.23. The lowest BCUT2D eigenvalue weighted by molar-refractivity contribution is -0.143. The molecule has 0 radical (unpaired) electrons. The van der Waals surface area contributed by atoms with Gasteiger partial charge in [-0.25, -0.2) is 0 Å². The molecule has 1 aromatic carbocycles. The maximum Gasteiger partial charge on any atom is 0.417 e. The molecule has 0 heterocycles. The van der Waals surface area contributed by atoms with Crippen molar-refractivity contribution in [3.8, 4) is 6.07 Å². The minimum absolute atomic E-state index is 0.229. The van der Waals surface area contributed by atoms with Crippen molar-refractivity contribution in [3.05, 3.63) is 29.3 Å². The maximum atomic E-state index is 12.6.